The average Bonchev–Trinajstić information content (AvgIpc) is 2.51. The van der Waals surface area contributed by atoms with E-state index in [1.807, 2.05) is 0 Å². The molecule has 1 saturated carbocycles. The first kappa shape index (κ1) is 14.9. The average molecular weight is 257 g/mol. The van der Waals surface area contributed by atoms with Crippen molar-refractivity contribution in [3.8, 4) is 0 Å². The summed E-state index contributed by atoms with van der Waals surface area (Å²) in [5.74, 6) is -1.04. The van der Waals surface area contributed by atoms with Gasteiger partial charge in [-0.2, -0.15) is 0 Å². The molecule has 0 bridgehead atoms. The Kier molecular flexibility index (Phi) is 5.55. The van der Waals surface area contributed by atoms with Crippen molar-refractivity contribution in [1.82, 2.24) is 5.32 Å². The molecule has 6 nitrogen and oxygen atoms in total. The van der Waals surface area contributed by atoms with Crippen molar-refractivity contribution in [2.45, 2.75) is 56.6 Å². The summed E-state index contributed by atoms with van der Waals surface area (Å²) in [6.07, 6.45) is 5.40. The third kappa shape index (κ3) is 5.01. The zero-order chi connectivity index (χ0) is 13.6. The van der Waals surface area contributed by atoms with Crippen molar-refractivity contribution >= 4 is 11.8 Å². The number of carbonyl (C=O) groups excluding carboxylic acids is 2. The highest BCUT2D eigenvalue weighted by atomic mass is 16.3. The maximum absolute atomic E-state index is 11.6. The molecule has 0 spiro atoms. The van der Waals surface area contributed by atoms with E-state index < -0.39 is 23.5 Å². The summed E-state index contributed by atoms with van der Waals surface area (Å²) >= 11 is 0. The third-order valence-corrected chi connectivity index (χ3v) is 3.38. The Morgan fingerprint density at radius 2 is 1.78 bits per heavy atom. The summed E-state index contributed by atoms with van der Waals surface area (Å²) in [4.78, 5) is 22.2. The van der Waals surface area contributed by atoms with Crippen LogP contribution in [0.1, 0.15) is 44.9 Å². The zero-order valence-corrected chi connectivity index (χ0v) is 10.7. The van der Waals surface area contributed by atoms with Crippen molar-refractivity contribution in [1.29, 1.82) is 0 Å². The molecule has 0 aromatic rings. The summed E-state index contributed by atoms with van der Waals surface area (Å²) in [5, 5.41) is 12.9. The van der Waals surface area contributed by atoms with E-state index in [1.54, 1.807) is 0 Å². The Labute approximate surface area is 107 Å². The fraction of sp³-hybridized carbons (Fsp3) is 0.833. The van der Waals surface area contributed by atoms with E-state index in [9.17, 15) is 14.7 Å². The van der Waals surface area contributed by atoms with Gasteiger partial charge in [-0.25, -0.2) is 0 Å². The van der Waals surface area contributed by atoms with Crippen LogP contribution in [0.3, 0.4) is 0 Å². The molecule has 2 amide bonds. The van der Waals surface area contributed by atoms with Crippen LogP contribution in [0.2, 0.25) is 0 Å². The molecule has 0 aromatic heterocycles. The standard InChI is InChI=1S/C12H23N3O3/c13-9(7-10(14)16)11(17)15-8-12(18)5-3-1-2-4-6-12/h9,18H,1-8,13H2,(H2,14,16)(H,15,17). The lowest BCUT2D eigenvalue weighted by Gasteiger charge is -2.27. The molecule has 0 aliphatic heterocycles. The molecule has 0 radical (unpaired) electrons. The van der Waals surface area contributed by atoms with Gasteiger partial charge in [0.1, 0.15) is 0 Å². The van der Waals surface area contributed by atoms with E-state index in [-0.39, 0.29) is 13.0 Å². The molecule has 104 valence electrons. The van der Waals surface area contributed by atoms with Gasteiger partial charge in [-0.05, 0) is 12.8 Å². The lowest BCUT2D eigenvalue weighted by molar-refractivity contribution is -0.127. The fourth-order valence-electron chi connectivity index (χ4n) is 2.26. The monoisotopic (exact) mass is 257 g/mol. The Balaban J connectivity index is 2.38. The van der Waals surface area contributed by atoms with E-state index in [2.05, 4.69) is 5.32 Å². The molecule has 18 heavy (non-hydrogen) atoms. The Morgan fingerprint density at radius 1 is 1.22 bits per heavy atom. The quantitative estimate of drug-likeness (QED) is 0.491. The van der Waals surface area contributed by atoms with Gasteiger partial charge in [0.15, 0.2) is 0 Å². The molecule has 1 aliphatic rings. The topological polar surface area (TPSA) is 118 Å². The molecule has 0 aromatic carbocycles. The fourth-order valence-corrected chi connectivity index (χ4v) is 2.26. The van der Waals surface area contributed by atoms with Gasteiger partial charge in [0, 0.05) is 6.54 Å². The number of carbonyl (C=O) groups is 2. The molecule has 6 heteroatoms. The highest BCUT2D eigenvalue weighted by Gasteiger charge is 2.29. The number of aliphatic hydroxyl groups is 1. The summed E-state index contributed by atoms with van der Waals surface area (Å²) in [5.41, 5.74) is 9.65. The van der Waals surface area contributed by atoms with E-state index in [0.717, 1.165) is 25.7 Å². The summed E-state index contributed by atoms with van der Waals surface area (Å²) in [6, 6.07) is -0.933. The smallest absolute Gasteiger partial charge is 0.237 e. The van der Waals surface area contributed by atoms with Gasteiger partial charge in [0.25, 0.3) is 0 Å². The Bertz CT molecular complexity index is 299. The first-order valence-electron chi connectivity index (χ1n) is 6.47. The maximum atomic E-state index is 11.6. The van der Waals surface area contributed by atoms with Crippen LogP contribution in [-0.4, -0.2) is 35.1 Å². The van der Waals surface area contributed by atoms with Gasteiger partial charge in [0.05, 0.1) is 18.1 Å². The Morgan fingerprint density at radius 3 is 2.28 bits per heavy atom. The van der Waals surface area contributed by atoms with Crippen molar-refractivity contribution in [3.63, 3.8) is 0 Å². The molecule has 1 fully saturated rings. The predicted molar refractivity (Wildman–Crippen MR) is 67.4 cm³/mol. The highest BCUT2D eigenvalue weighted by Crippen LogP contribution is 2.26. The van der Waals surface area contributed by atoms with Crippen LogP contribution in [0.5, 0.6) is 0 Å². The van der Waals surface area contributed by atoms with E-state index in [1.165, 1.54) is 0 Å². The van der Waals surface area contributed by atoms with Crippen molar-refractivity contribution in [2.75, 3.05) is 6.54 Å². The maximum Gasteiger partial charge on any atom is 0.237 e. The van der Waals surface area contributed by atoms with Crippen molar-refractivity contribution < 1.29 is 14.7 Å². The minimum Gasteiger partial charge on any atom is -0.388 e. The van der Waals surface area contributed by atoms with Crippen LogP contribution < -0.4 is 16.8 Å². The van der Waals surface area contributed by atoms with Crippen LogP contribution in [0.15, 0.2) is 0 Å². The summed E-state index contributed by atoms with van der Waals surface area (Å²) in [6.45, 7) is 0.193. The molecule has 1 atom stereocenters. The first-order valence-corrected chi connectivity index (χ1v) is 6.47. The molecule has 1 aliphatic carbocycles. The van der Waals surface area contributed by atoms with Crippen LogP contribution in [0.4, 0.5) is 0 Å². The second kappa shape index (κ2) is 6.70. The number of hydrogen-bond donors (Lipinski definition) is 4. The van der Waals surface area contributed by atoms with Crippen LogP contribution in [0.25, 0.3) is 0 Å². The van der Waals surface area contributed by atoms with Gasteiger partial charge in [0.2, 0.25) is 11.8 Å². The number of primary amides is 1. The zero-order valence-electron chi connectivity index (χ0n) is 10.7. The molecular formula is C12H23N3O3. The number of nitrogens with one attached hydrogen (secondary N) is 1. The SMILES string of the molecule is NC(=O)CC(N)C(=O)NCC1(O)CCCCCC1. The molecule has 6 N–H and O–H groups in total. The van der Waals surface area contributed by atoms with Gasteiger partial charge >= 0.3 is 0 Å². The molecular weight excluding hydrogens is 234 g/mol. The third-order valence-electron chi connectivity index (χ3n) is 3.38. The van der Waals surface area contributed by atoms with Crippen molar-refractivity contribution in [3.05, 3.63) is 0 Å². The van der Waals surface area contributed by atoms with Crippen LogP contribution >= 0.6 is 0 Å². The second-order valence-electron chi connectivity index (χ2n) is 5.13. The molecule has 0 heterocycles. The molecule has 0 saturated heterocycles. The minimum absolute atomic E-state index is 0.176. The number of rotatable bonds is 5. The lowest BCUT2D eigenvalue weighted by Crippen LogP contribution is -2.49. The summed E-state index contributed by atoms with van der Waals surface area (Å²) in [7, 11) is 0. The largest absolute Gasteiger partial charge is 0.388 e. The van der Waals surface area contributed by atoms with Crippen LogP contribution in [-0.2, 0) is 9.59 Å². The first-order chi connectivity index (χ1) is 8.43. The number of hydrogen-bond acceptors (Lipinski definition) is 4. The highest BCUT2D eigenvalue weighted by molar-refractivity contribution is 5.87. The number of amides is 2. The molecule has 1 unspecified atom stereocenters. The normalized spacial score (nSPS) is 20.8. The molecule has 1 rings (SSSR count). The van der Waals surface area contributed by atoms with Gasteiger partial charge in [-0.3, -0.25) is 9.59 Å². The van der Waals surface area contributed by atoms with E-state index in [0.29, 0.717) is 12.8 Å². The second-order valence-corrected chi connectivity index (χ2v) is 5.13. The predicted octanol–water partition coefficient (Wildman–Crippen LogP) is -0.609. The van der Waals surface area contributed by atoms with Gasteiger partial charge in [-0.15, -0.1) is 0 Å². The Hall–Kier alpha value is -1.14. The summed E-state index contributed by atoms with van der Waals surface area (Å²) < 4.78 is 0. The van der Waals surface area contributed by atoms with Gasteiger partial charge in [-0.1, -0.05) is 25.7 Å². The lowest BCUT2D eigenvalue weighted by atomic mass is 9.94. The van der Waals surface area contributed by atoms with Crippen LogP contribution in [0, 0.1) is 0 Å². The number of nitrogens with two attached hydrogens (primary N) is 2. The van der Waals surface area contributed by atoms with Gasteiger partial charge < -0.3 is 21.9 Å². The van der Waals surface area contributed by atoms with E-state index in [4.69, 9.17) is 11.5 Å². The van der Waals surface area contributed by atoms with E-state index >= 15 is 0 Å². The van der Waals surface area contributed by atoms with Crippen molar-refractivity contribution in [2.24, 2.45) is 11.5 Å². The minimum atomic E-state index is -0.933.